The van der Waals surface area contributed by atoms with Gasteiger partial charge in [0, 0.05) is 21.6 Å². The molecule has 0 radical (unpaired) electrons. The Morgan fingerprint density at radius 1 is 0.833 bits per heavy atom. The first-order valence-electron chi connectivity index (χ1n) is 9.76. The highest BCUT2D eigenvalue weighted by Gasteiger charge is 2.44. The summed E-state index contributed by atoms with van der Waals surface area (Å²) in [6, 6.07) is 7.38. The number of allylic oxidation sites excluding steroid dienone is 2. The van der Waals surface area contributed by atoms with Gasteiger partial charge in [-0.25, -0.2) is 9.59 Å². The lowest BCUT2D eigenvalue weighted by Crippen LogP contribution is -2.40. The number of anilines is 1. The molecule has 0 N–H and O–H groups in total. The smallest absolute Gasteiger partial charge is 0.337 e. The van der Waals surface area contributed by atoms with Crippen LogP contribution in [-0.2, 0) is 28.6 Å². The molecule has 1 aromatic rings. The Balaban J connectivity index is 2.78. The Morgan fingerprint density at radius 2 is 1.27 bits per heavy atom. The standard InChI is InChI=1S/C22H26BrNO6/c1-6-28-20(25)17-13(4)24(16-11-9-15(23)10-12-16)14(5)18(21(26)29-7-2)19(17)22(27)30-8-3/h9-12,19H,6-8H2,1-5H3. The summed E-state index contributed by atoms with van der Waals surface area (Å²) >= 11 is 3.40. The molecule has 0 aromatic heterocycles. The van der Waals surface area contributed by atoms with Crippen LogP contribution >= 0.6 is 15.9 Å². The van der Waals surface area contributed by atoms with Gasteiger partial charge >= 0.3 is 17.9 Å². The molecule has 0 fully saturated rings. The van der Waals surface area contributed by atoms with Gasteiger partial charge < -0.3 is 19.1 Å². The Kier molecular flexibility index (Phi) is 8.23. The summed E-state index contributed by atoms with van der Waals surface area (Å²) in [5.41, 5.74) is 1.82. The van der Waals surface area contributed by atoms with E-state index in [2.05, 4.69) is 15.9 Å². The number of rotatable bonds is 7. The lowest BCUT2D eigenvalue weighted by Gasteiger charge is -2.36. The molecule has 162 valence electrons. The van der Waals surface area contributed by atoms with E-state index in [-0.39, 0.29) is 31.0 Å². The summed E-state index contributed by atoms with van der Waals surface area (Å²) in [4.78, 5) is 40.4. The van der Waals surface area contributed by atoms with E-state index in [9.17, 15) is 14.4 Å². The van der Waals surface area contributed by atoms with E-state index in [4.69, 9.17) is 14.2 Å². The zero-order valence-corrected chi connectivity index (χ0v) is 19.4. The second-order valence-electron chi connectivity index (χ2n) is 6.44. The van der Waals surface area contributed by atoms with E-state index >= 15 is 0 Å². The Bertz CT molecular complexity index is 845. The van der Waals surface area contributed by atoms with Gasteiger partial charge in [0.1, 0.15) is 5.92 Å². The average molecular weight is 480 g/mol. The molecule has 0 spiro atoms. The van der Waals surface area contributed by atoms with Gasteiger partial charge in [-0.1, -0.05) is 15.9 Å². The number of benzene rings is 1. The largest absolute Gasteiger partial charge is 0.465 e. The number of ether oxygens (including phenoxy) is 3. The van der Waals surface area contributed by atoms with Crippen molar-refractivity contribution in [1.82, 2.24) is 0 Å². The van der Waals surface area contributed by atoms with E-state index in [1.807, 2.05) is 24.3 Å². The summed E-state index contributed by atoms with van der Waals surface area (Å²) in [6.07, 6.45) is 0. The SMILES string of the molecule is CCOC(=O)C1=C(C)N(c2ccc(Br)cc2)C(C)=C(C(=O)OCC)C1C(=O)OCC. The van der Waals surface area contributed by atoms with E-state index in [1.54, 1.807) is 39.5 Å². The first-order chi connectivity index (χ1) is 14.3. The topological polar surface area (TPSA) is 82.1 Å². The molecule has 2 rings (SSSR count). The van der Waals surface area contributed by atoms with Crippen LogP contribution < -0.4 is 4.90 Å². The molecule has 0 unspecified atom stereocenters. The van der Waals surface area contributed by atoms with Crippen molar-refractivity contribution in [2.45, 2.75) is 34.6 Å². The molecular weight excluding hydrogens is 454 g/mol. The molecule has 0 atom stereocenters. The maximum absolute atomic E-state index is 12.9. The third-order valence-corrected chi connectivity index (χ3v) is 5.15. The number of halogens is 1. The molecule has 0 aliphatic carbocycles. The van der Waals surface area contributed by atoms with Crippen LogP contribution in [0.2, 0.25) is 0 Å². The normalized spacial score (nSPS) is 14.7. The van der Waals surface area contributed by atoms with Crippen LogP contribution in [0.3, 0.4) is 0 Å². The van der Waals surface area contributed by atoms with Gasteiger partial charge in [0.05, 0.1) is 31.0 Å². The fraction of sp³-hybridized carbons (Fsp3) is 0.409. The summed E-state index contributed by atoms with van der Waals surface area (Å²) < 4.78 is 16.5. The van der Waals surface area contributed by atoms with Gasteiger partial charge in [0.25, 0.3) is 0 Å². The number of esters is 3. The molecule has 7 nitrogen and oxygen atoms in total. The maximum Gasteiger partial charge on any atom is 0.337 e. The molecule has 1 aliphatic rings. The van der Waals surface area contributed by atoms with Crippen LogP contribution in [0.4, 0.5) is 5.69 Å². The van der Waals surface area contributed by atoms with Crippen LogP contribution in [0.25, 0.3) is 0 Å². The number of carbonyl (C=O) groups excluding carboxylic acids is 3. The van der Waals surface area contributed by atoms with Crippen LogP contribution in [0.15, 0.2) is 51.3 Å². The molecular formula is C22H26BrNO6. The first kappa shape index (κ1) is 23.7. The molecule has 0 bridgehead atoms. The maximum atomic E-state index is 12.9. The number of hydrogen-bond acceptors (Lipinski definition) is 7. The fourth-order valence-corrected chi connectivity index (χ4v) is 3.71. The van der Waals surface area contributed by atoms with Gasteiger partial charge in [-0.05, 0) is 58.9 Å². The van der Waals surface area contributed by atoms with Crippen molar-refractivity contribution in [3.05, 3.63) is 51.3 Å². The van der Waals surface area contributed by atoms with Crippen molar-refractivity contribution in [2.24, 2.45) is 5.92 Å². The second-order valence-corrected chi connectivity index (χ2v) is 7.35. The van der Waals surface area contributed by atoms with Gasteiger partial charge in [-0.15, -0.1) is 0 Å². The molecule has 1 aromatic carbocycles. The van der Waals surface area contributed by atoms with Crippen molar-refractivity contribution < 1.29 is 28.6 Å². The van der Waals surface area contributed by atoms with Crippen LogP contribution in [0.5, 0.6) is 0 Å². The van der Waals surface area contributed by atoms with Crippen molar-refractivity contribution in [1.29, 1.82) is 0 Å². The fourth-order valence-electron chi connectivity index (χ4n) is 3.44. The lowest BCUT2D eigenvalue weighted by molar-refractivity contribution is -0.151. The lowest BCUT2D eigenvalue weighted by atomic mass is 9.84. The zero-order chi connectivity index (χ0) is 22.4. The van der Waals surface area contributed by atoms with Gasteiger partial charge in [-0.2, -0.15) is 0 Å². The molecule has 1 heterocycles. The molecule has 1 aliphatic heterocycles. The van der Waals surface area contributed by atoms with E-state index < -0.39 is 23.8 Å². The van der Waals surface area contributed by atoms with Gasteiger partial charge in [-0.3, -0.25) is 4.79 Å². The highest BCUT2D eigenvalue weighted by molar-refractivity contribution is 9.10. The highest BCUT2D eigenvalue weighted by atomic mass is 79.9. The quantitative estimate of drug-likeness (QED) is 0.429. The van der Waals surface area contributed by atoms with Crippen molar-refractivity contribution in [3.8, 4) is 0 Å². The Morgan fingerprint density at radius 3 is 1.67 bits per heavy atom. The second kappa shape index (κ2) is 10.4. The molecule has 0 saturated heterocycles. The summed E-state index contributed by atoms with van der Waals surface area (Å²) in [5, 5.41) is 0. The first-order valence-corrected chi connectivity index (χ1v) is 10.6. The summed E-state index contributed by atoms with van der Waals surface area (Å²) in [5.74, 6) is -3.28. The van der Waals surface area contributed by atoms with Gasteiger partial charge in [0.2, 0.25) is 0 Å². The third kappa shape index (κ3) is 4.75. The predicted molar refractivity (Wildman–Crippen MR) is 115 cm³/mol. The number of nitrogens with zero attached hydrogens (tertiary/aromatic N) is 1. The minimum absolute atomic E-state index is 0.0619. The predicted octanol–water partition coefficient (Wildman–Crippen LogP) is 4.12. The van der Waals surface area contributed by atoms with Crippen molar-refractivity contribution >= 4 is 39.5 Å². The Labute approximate surface area is 184 Å². The van der Waals surface area contributed by atoms with E-state index in [0.29, 0.717) is 11.4 Å². The van der Waals surface area contributed by atoms with Crippen molar-refractivity contribution in [2.75, 3.05) is 24.7 Å². The summed E-state index contributed by atoms with van der Waals surface area (Å²) in [6.45, 7) is 8.80. The van der Waals surface area contributed by atoms with Crippen LogP contribution in [0, 0.1) is 5.92 Å². The Hall–Kier alpha value is -2.61. The zero-order valence-electron chi connectivity index (χ0n) is 17.8. The average Bonchev–Trinajstić information content (AvgIpc) is 2.69. The monoisotopic (exact) mass is 479 g/mol. The molecule has 0 amide bonds. The van der Waals surface area contributed by atoms with Crippen LogP contribution in [0.1, 0.15) is 34.6 Å². The minimum atomic E-state index is -1.23. The van der Waals surface area contributed by atoms with E-state index in [0.717, 1.165) is 10.2 Å². The van der Waals surface area contributed by atoms with Crippen molar-refractivity contribution in [3.63, 3.8) is 0 Å². The van der Waals surface area contributed by atoms with Crippen LogP contribution in [-0.4, -0.2) is 37.7 Å². The summed E-state index contributed by atoms with van der Waals surface area (Å²) in [7, 11) is 0. The van der Waals surface area contributed by atoms with E-state index in [1.165, 1.54) is 0 Å². The molecule has 8 heteroatoms. The van der Waals surface area contributed by atoms with Gasteiger partial charge in [0.15, 0.2) is 0 Å². The molecule has 0 saturated carbocycles. The highest BCUT2D eigenvalue weighted by Crippen LogP contribution is 2.40. The minimum Gasteiger partial charge on any atom is -0.465 e. The number of carbonyl (C=O) groups is 3. The third-order valence-electron chi connectivity index (χ3n) is 4.63. The molecule has 30 heavy (non-hydrogen) atoms. The number of hydrogen-bond donors (Lipinski definition) is 0.